The van der Waals surface area contributed by atoms with E-state index < -0.39 is 0 Å². The minimum atomic E-state index is -0.141. The summed E-state index contributed by atoms with van der Waals surface area (Å²) in [6.45, 7) is 0. The van der Waals surface area contributed by atoms with Crippen LogP contribution >= 0.6 is 11.6 Å². The van der Waals surface area contributed by atoms with Crippen molar-refractivity contribution in [1.82, 2.24) is 4.90 Å². The first-order valence-corrected chi connectivity index (χ1v) is 4.17. The zero-order valence-electron chi connectivity index (χ0n) is 7.54. The molecule has 1 aromatic carbocycles. The number of carbonyl (C=O) groups excluding carboxylic acids is 1. The van der Waals surface area contributed by atoms with Gasteiger partial charge in [0.15, 0.2) is 0 Å². The van der Waals surface area contributed by atoms with E-state index in [1.165, 1.54) is 4.90 Å². The summed E-state index contributed by atoms with van der Waals surface area (Å²) in [6, 6.07) is 4.85. The Morgan fingerprint density at radius 3 is 2.62 bits per heavy atom. The Hall–Kier alpha value is -1.22. The van der Waals surface area contributed by atoms with Crippen LogP contribution < -0.4 is 5.73 Å². The van der Waals surface area contributed by atoms with Crippen LogP contribution in [-0.2, 0) is 0 Å². The standard InChI is InChI=1S/C9H11ClN2O/c1-12(2)9(13)7-5-6(11)3-4-8(7)10/h3-5H,11H2,1-2H3. The van der Waals surface area contributed by atoms with E-state index in [1.54, 1.807) is 32.3 Å². The third-order valence-electron chi connectivity index (χ3n) is 1.63. The van der Waals surface area contributed by atoms with Crippen molar-refractivity contribution in [3.63, 3.8) is 0 Å². The van der Waals surface area contributed by atoms with Gasteiger partial charge in [0.2, 0.25) is 0 Å². The Kier molecular flexibility index (Phi) is 2.78. The largest absolute Gasteiger partial charge is 0.399 e. The molecule has 2 N–H and O–H groups in total. The summed E-state index contributed by atoms with van der Waals surface area (Å²) in [5.74, 6) is -0.141. The molecule has 0 aliphatic rings. The van der Waals surface area contributed by atoms with Gasteiger partial charge < -0.3 is 10.6 Å². The molecule has 70 valence electrons. The Morgan fingerprint density at radius 2 is 2.08 bits per heavy atom. The summed E-state index contributed by atoms with van der Waals surface area (Å²) in [6.07, 6.45) is 0. The Balaban J connectivity index is 3.13. The van der Waals surface area contributed by atoms with Crippen LogP contribution in [0.4, 0.5) is 5.69 Å². The van der Waals surface area contributed by atoms with Crippen LogP contribution in [0, 0.1) is 0 Å². The second-order valence-electron chi connectivity index (χ2n) is 2.94. The van der Waals surface area contributed by atoms with Crippen molar-refractivity contribution in [2.75, 3.05) is 19.8 Å². The van der Waals surface area contributed by atoms with E-state index >= 15 is 0 Å². The number of nitrogen functional groups attached to an aromatic ring is 1. The molecule has 0 heterocycles. The fraction of sp³-hybridized carbons (Fsp3) is 0.222. The molecule has 1 rings (SSSR count). The summed E-state index contributed by atoms with van der Waals surface area (Å²) >= 11 is 5.83. The Labute approximate surface area is 82.1 Å². The van der Waals surface area contributed by atoms with Gasteiger partial charge in [0, 0.05) is 19.8 Å². The highest BCUT2D eigenvalue weighted by Gasteiger charge is 2.11. The predicted octanol–water partition coefficient (Wildman–Crippen LogP) is 1.62. The highest BCUT2D eigenvalue weighted by Crippen LogP contribution is 2.19. The van der Waals surface area contributed by atoms with Crippen molar-refractivity contribution in [1.29, 1.82) is 0 Å². The number of hydrogen-bond acceptors (Lipinski definition) is 2. The normalized spacial score (nSPS) is 9.77. The number of nitrogens with two attached hydrogens (primary N) is 1. The number of nitrogens with zero attached hydrogens (tertiary/aromatic N) is 1. The second-order valence-corrected chi connectivity index (χ2v) is 3.35. The lowest BCUT2D eigenvalue weighted by Crippen LogP contribution is -2.22. The van der Waals surface area contributed by atoms with E-state index in [9.17, 15) is 4.79 Å². The van der Waals surface area contributed by atoms with Gasteiger partial charge in [0.05, 0.1) is 10.6 Å². The van der Waals surface area contributed by atoms with Crippen LogP contribution in [-0.4, -0.2) is 24.9 Å². The zero-order chi connectivity index (χ0) is 10.0. The molecule has 1 aromatic rings. The van der Waals surface area contributed by atoms with E-state index in [0.717, 1.165) is 0 Å². The van der Waals surface area contributed by atoms with Crippen molar-refractivity contribution < 1.29 is 4.79 Å². The number of rotatable bonds is 1. The lowest BCUT2D eigenvalue weighted by molar-refractivity contribution is 0.0828. The third kappa shape index (κ3) is 2.12. The molecule has 0 atom stereocenters. The first-order chi connectivity index (χ1) is 6.02. The number of benzene rings is 1. The van der Waals surface area contributed by atoms with E-state index in [4.69, 9.17) is 17.3 Å². The molecule has 0 saturated carbocycles. The zero-order valence-corrected chi connectivity index (χ0v) is 8.30. The first-order valence-electron chi connectivity index (χ1n) is 3.79. The summed E-state index contributed by atoms with van der Waals surface area (Å²) in [7, 11) is 3.34. The SMILES string of the molecule is CN(C)C(=O)c1cc(N)ccc1Cl. The minimum absolute atomic E-state index is 0.141. The maximum absolute atomic E-state index is 11.5. The molecule has 0 aliphatic carbocycles. The molecular formula is C9H11ClN2O. The van der Waals surface area contributed by atoms with Crippen LogP contribution in [0.15, 0.2) is 18.2 Å². The van der Waals surface area contributed by atoms with Gasteiger partial charge in [-0.1, -0.05) is 11.6 Å². The highest BCUT2D eigenvalue weighted by atomic mass is 35.5. The molecule has 3 nitrogen and oxygen atoms in total. The van der Waals surface area contributed by atoms with E-state index in [0.29, 0.717) is 16.3 Å². The van der Waals surface area contributed by atoms with E-state index in [2.05, 4.69) is 0 Å². The molecule has 1 amide bonds. The maximum Gasteiger partial charge on any atom is 0.254 e. The topological polar surface area (TPSA) is 46.3 Å². The lowest BCUT2D eigenvalue weighted by atomic mass is 10.2. The summed E-state index contributed by atoms with van der Waals surface area (Å²) in [5, 5.41) is 0.424. The number of hydrogen-bond donors (Lipinski definition) is 1. The number of carbonyl (C=O) groups is 1. The van der Waals surface area contributed by atoms with Gasteiger partial charge in [-0.15, -0.1) is 0 Å². The van der Waals surface area contributed by atoms with Gasteiger partial charge >= 0.3 is 0 Å². The second kappa shape index (κ2) is 3.66. The summed E-state index contributed by atoms with van der Waals surface area (Å²) < 4.78 is 0. The number of amides is 1. The lowest BCUT2D eigenvalue weighted by Gasteiger charge is -2.11. The van der Waals surface area contributed by atoms with Crippen LogP contribution in [0.5, 0.6) is 0 Å². The van der Waals surface area contributed by atoms with E-state index in [-0.39, 0.29) is 5.91 Å². The van der Waals surface area contributed by atoms with Crippen molar-refractivity contribution in [2.24, 2.45) is 0 Å². The quantitative estimate of drug-likeness (QED) is 0.698. The smallest absolute Gasteiger partial charge is 0.254 e. The van der Waals surface area contributed by atoms with Crippen LogP contribution in [0.25, 0.3) is 0 Å². The van der Waals surface area contributed by atoms with Gasteiger partial charge in [-0.05, 0) is 18.2 Å². The van der Waals surface area contributed by atoms with Crippen molar-refractivity contribution in [3.05, 3.63) is 28.8 Å². The van der Waals surface area contributed by atoms with Crippen molar-refractivity contribution >= 4 is 23.2 Å². The molecular weight excluding hydrogens is 188 g/mol. The monoisotopic (exact) mass is 198 g/mol. The molecule has 0 aliphatic heterocycles. The van der Waals surface area contributed by atoms with Gasteiger partial charge in [-0.3, -0.25) is 4.79 Å². The molecule has 4 heteroatoms. The maximum atomic E-state index is 11.5. The molecule has 0 unspecified atom stereocenters. The molecule has 0 spiro atoms. The predicted molar refractivity (Wildman–Crippen MR) is 53.9 cm³/mol. The van der Waals surface area contributed by atoms with Crippen molar-refractivity contribution in [3.8, 4) is 0 Å². The van der Waals surface area contributed by atoms with Gasteiger partial charge in [-0.2, -0.15) is 0 Å². The molecule has 0 saturated heterocycles. The average molecular weight is 199 g/mol. The van der Waals surface area contributed by atoms with Gasteiger partial charge in [-0.25, -0.2) is 0 Å². The van der Waals surface area contributed by atoms with E-state index in [1.807, 2.05) is 0 Å². The molecule has 0 radical (unpaired) electrons. The fourth-order valence-electron chi connectivity index (χ4n) is 0.948. The number of halogens is 1. The van der Waals surface area contributed by atoms with Crippen LogP contribution in [0.1, 0.15) is 10.4 Å². The molecule has 13 heavy (non-hydrogen) atoms. The van der Waals surface area contributed by atoms with Crippen LogP contribution in [0.2, 0.25) is 5.02 Å². The summed E-state index contributed by atoms with van der Waals surface area (Å²) in [4.78, 5) is 13.0. The minimum Gasteiger partial charge on any atom is -0.399 e. The highest BCUT2D eigenvalue weighted by molar-refractivity contribution is 6.33. The Morgan fingerprint density at radius 1 is 1.46 bits per heavy atom. The average Bonchev–Trinajstić information content (AvgIpc) is 2.08. The fourth-order valence-corrected chi connectivity index (χ4v) is 1.15. The summed E-state index contributed by atoms with van der Waals surface area (Å²) in [5.41, 5.74) is 6.51. The molecule has 0 aromatic heterocycles. The number of anilines is 1. The third-order valence-corrected chi connectivity index (χ3v) is 1.96. The molecule has 0 fully saturated rings. The van der Waals surface area contributed by atoms with Crippen molar-refractivity contribution in [2.45, 2.75) is 0 Å². The Bertz CT molecular complexity index is 336. The van der Waals surface area contributed by atoms with Gasteiger partial charge in [0.25, 0.3) is 5.91 Å². The van der Waals surface area contributed by atoms with Gasteiger partial charge in [0.1, 0.15) is 0 Å². The first kappa shape index (κ1) is 9.86. The van der Waals surface area contributed by atoms with Crippen LogP contribution in [0.3, 0.4) is 0 Å². The molecule has 0 bridgehead atoms.